The Bertz CT molecular complexity index is 601. The van der Waals surface area contributed by atoms with Crippen LogP contribution >= 0.6 is 11.9 Å². The summed E-state index contributed by atoms with van der Waals surface area (Å²) in [5.74, 6) is -0.732. The first-order valence-corrected chi connectivity index (χ1v) is 12.1. The summed E-state index contributed by atoms with van der Waals surface area (Å²) >= 11 is 1.69. The van der Waals surface area contributed by atoms with Crippen LogP contribution in [0.4, 0.5) is 5.69 Å². The van der Waals surface area contributed by atoms with Crippen molar-refractivity contribution in [1.82, 2.24) is 4.72 Å². The van der Waals surface area contributed by atoms with Crippen LogP contribution in [0.5, 0.6) is 0 Å². The molecular weight excluding hydrogens is 368 g/mol. The van der Waals surface area contributed by atoms with E-state index in [-0.39, 0.29) is 6.42 Å². The fourth-order valence-corrected chi connectivity index (χ4v) is 5.38. The van der Waals surface area contributed by atoms with Crippen molar-refractivity contribution in [3.8, 4) is 0 Å². The third kappa shape index (κ3) is 6.70. The molecule has 0 spiro atoms. The lowest BCUT2D eigenvalue weighted by atomic mass is 9.93. The van der Waals surface area contributed by atoms with Gasteiger partial charge in [0, 0.05) is 30.4 Å². The Labute approximate surface area is 174 Å². The summed E-state index contributed by atoms with van der Waals surface area (Å²) in [4.78, 5) is 14.6. The average Bonchev–Trinajstić information content (AvgIpc) is 2.96. The van der Waals surface area contributed by atoms with Gasteiger partial charge in [0.05, 0.1) is 5.69 Å². The molecule has 2 aliphatic carbocycles. The standard InChI is InChI=1S/C17H24N2O2S.C6H12/c20-17(21)9-7-13-6-8-15-16(12-13)22-18-10-11-19(15)14-4-2-1-3-5-14;1-2-4-6-5-3-1/h6,8,12,14,18H,1-5,7,9-11H2,(H,20,21);1-6H2. The van der Waals surface area contributed by atoms with Gasteiger partial charge in [-0.1, -0.05) is 63.9 Å². The minimum absolute atomic E-state index is 0.198. The first-order chi connectivity index (χ1) is 13.7. The summed E-state index contributed by atoms with van der Waals surface area (Å²) in [7, 11) is 0. The molecule has 0 amide bonds. The van der Waals surface area contributed by atoms with Gasteiger partial charge in [-0.25, -0.2) is 0 Å². The Morgan fingerprint density at radius 2 is 1.68 bits per heavy atom. The number of nitrogens with one attached hydrogen (secondary N) is 1. The summed E-state index contributed by atoms with van der Waals surface area (Å²) in [6, 6.07) is 7.12. The fraction of sp³-hybridized carbons (Fsp3) is 0.696. The lowest BCUT2D eigenvalue weighted by molar-refractivity contribution is -0.136. The van der Waals surface area contributed by atoms with Gasteiger partial charge in [-0.2, -0.15) is 0 Å². The zero-order chi connectivity index (χ0) is 19.6. The quantitative estimate of drug-likeness (QED) is 0.622. The minimum atomic E-state index is -0.732. The molecule has 1 aromatic rings. The van der Waals surface area contributed by atoms with E-state index < -0.39 is 5.97 Å². The molecule has 156 valence electrons. The van der Waals surface area contributed by atoms with E-state index in [4.69, 9.17) is 5.11 Å². The van der Waals surface area contributed by atoms with Crippen molar-refractivity contribution < 1.29 is 9.90 Å². The van der Waals surface area contributed by atoms with Crippen LogP contribution < -0.4 is 9.62 Å². The van der Waals surface area contributed by atoms with Crippen molar-refractivity contribution in [1.29, 1.82) is 0 Å². The minimum Gasteiger partial charge on any atom is -0.481 e. The zero-order valence-corrected chi connectivity index (χ0v) is 17.9. The van der Waals surface area contributed by atoms with Gasteiger partial charge in [0.25, 0.3) is 0 Å². The number of carboxylic acids is 1. The molecule has 28 heavy (non-hydrogen) atoms. The highest BCUT2D eigenvalue weighted by molar-refractivity contribution is 7.97. The highest BCUT2D eigenvalue weighted by Crippen LogP contribution is 2.36. The van der Waals surface area contributed by atoms with Crippen molar-refractivity contribution in [2.75, 3.05) is 18.0 Å². The predicted molar refractivity (Wildman–Crippen MR) is 118 cm³/mol. The maximum atomic E-state index is 10.7. The Hall–Kier alpha value is -1.20. The van der Waals surface area contributed by atoms with Crippen LogP contribution in [0.1, 0.15) is 82.6 Å². The summed E-state index contributed by atoms with van der Waals surface area (Å²) in [5.41, 5.74) is 2.43. The molecule has 1 aliphatic heterocycles. The Morgan fingerprint density at radius 1 is 1.04 bits per heavy atom. The number of rotatable bonds is 4. The summed E-state index contributed by atoms with van der Waals surface area (Å²) in [5, 5.41) is 8.84. The van der Waals surface area contributed by atoms with Gasteiger partial charge in [-0.05, 0) is 48.9 Å². The van der Waals surface area contributed by atoms with Crippen molar-refractivity contribution >= 4 is 23.6 Å². The van der Waals surface area contributed by atoms with E-state index in [0.717, 1.165) is 18.7 Å². The number of aryl methyl sites for hydroxylation is 1. The number of nitrogens with zero attached hydrogens (tertiary/aromatic N) is 1. The van der Waals surface area contributed by atoms with Gasteiger partial charge in [-0.3, -0.25) is 9.52 Å². The van der Waals surface area contributed by atoms with E-state index in [1.807, 2.05) is 0 Å². The van der Waals surface area contributed by atoms with Crippen LogP contribution in [0, 0.1) is 0 Å². The van der Waals surface area contributed by atoms with Crippen molar-refractivity contribution in [2.24, 2.45) is 0 Å². The second-order valence-corrected chi connectivity index (χ2v) is 9.23. The smallest absolute Gasteiger partial charge is 0.303 e. The highest BCUT2D eigenvalue weighted by Gasteiger charge is 2.25. The van der Waals surface area contributed by atoms with Gasteiger partial charge >= 0.3 is 5.97 Å². The molecule has 0 aromatic heterocycles. The number of carboxylic acid groups (broad SMARTS) is 1. The van der Waals surface area contributed by atoms with Gasteiger partial charge in [-0.15, -0.1) is 0 Å². The SMILES string of the molecule is C1CCCCC1.O=C(O)CCc1ccc2c(c1)SNCCN2C1CCCCC1. The van der Waals surface area contributed by atoms with Crippen molar-refractivity contribution in [3.63, 3.8) is 0 Å². The van der Waals surface area contributed by atoms with E-state index in [9.17, 15) is 4.79 Å². The number of hydrogen-bond donors (Lipinski definition) is 2. The second kappa shape index (κ2) is 11.7. The molecule has 2 fully saturated rings. The monoisotopic (exact) mass is 404 g/mol. The van der Waals surface area contributed by atoms with Crippen LogP contribution in [0.3, 0.4) is 0 Å². The largest absolute Gasteiger partial charge is 0.481 e. The molecule has 3 aliphatic rings. The van der Waals surface area contributed by atoms with Crippen LogP contribution in [0.15, 0.2) is 23.1 Å². The Kier molecular flexibility index (Phi) is 9.00. The number of hydrogen-bond acceptors (Lipinski definition) is 4. The van der Waals surface area contributed by atoms with E-state index >= 15 is 0 Å². The third-order valence-electron chi connectivity index (χ3n) is 6.11. The molecule has 5 heteroatoms. The lowest BCUT2D eigenvalue weighted by Gasteiger charge is -2.36. The van der Waals surface area contributed by atoms with Gasteiger partial charge in [0.15, 0.2) is 0 Å². The first kappa shape index (κ1) is 21.5. The Morgan fingerprint density at radius 3 is 2.32 bits per heavy atom. The molecule has 4 rings (SSSR count). The molecule has 0 bridgehead atoms. The maximum Gasteiger partial charge on any atom is 0.303 e. The van der Waals surface area contributed by atoms with Crippen LogP contribution in [0.2, 0.25) is 0 Å². The Balaban J connectivity index is 0.000000320. The highest BCUT2D eigenvalue weighted by atomic mass is 32.2. The van der Waals surface area contributed by atoms with Crippen LogP contribution in [0.25, 0.3) is 0 Å². The van der Waals surface area contributed by atoms with Crippen molar-refractivity contribution in [3.05, 3.63) is 23.8 Å². The first-order valence-electron chi connectivity index (χ1n) is 11.2. The molecule has 0 atom stereocenters. The molecule has 1 aromatic carbocycles. The number of benzene rings is 1. The molecular formula is C23H36N2O2S. The molecule has 1 heterocycles. The number of anilines is 1. The van der Waals surface area contributed by atoms with E-state index in [1.54, 1.807) is 11.9 Å². The molecule has 0 saturated heterocycles. The van der Waals surface area contributed by atoms with E-state index in [1.165, 1.54) is 81.2 Å². The number of aliphatic carboxylic acids is 1. The summed E-state index contributed by atoms with van der Waals surface area (Å²) in [6.07, 6.45) is 16.4. The number of fused-ring (bicyclic) bond motifs is 1. The average molecular weight is 405 g/mol. The fourth-order valence-electron chi connectivity index (χ4n) is 4.53. The lowest BCUT2D eigenvalue weighted by Crippen LogP contribution is -2.39. The second-order valence-electron chi connectivity index (χ2n) is 8.30. The normalized spacial score (nSPS) is 20.5. The van der Waals surface area contributed by atoms with Gasteiger partial charge in [0.2, 0.25) is 0 Å². The van der Waals surface area contributed by atoms with Gasteiger partial charge < -0.3 is 10.0 Å². The van der Waals surface area contributed by atoms with Crippen LogP contribution in [-0.4, -0.2) is 30.2 Å². The maximum absolute atomic E-state index is 10.7. The summed E-state index contributed by atoms with van der Waals surface area (Å²) in [6.45, 7) is 2.04. The van der Waals surface area contributed by atoms with E-state index in [2.05, 4.69) is 27.8 Å². The van der Waals surface area contributed by atoms with Crippen LogP contribution in [-0.2, 0) is 11.2 Å². The topological polar surface area (TPSA) is 52.6 Å². The van der Waals surface area contributed by atoms with Crippen molar-refractivity contribution in [2.45, 2.75) is 94.4 Å². The third-order valence-corrected chi connectivity index (χ3v) is 7.01. The molecule has 2 N–H and O–H groups in total. The van der Waals surface area contributed by atoms with E-state index in [0.29, 0.717) is 12.5 Å². The molecule has 0 radical (unpaired) electrons. The zero-order valence-electron chi connectivity index (χ0n) is 17.1. The molecule has 0 unspecified atom stereocenters. The molecule has 4 nitrogen and oxygen atoms in total. The summed E-state index contributed by atoms with van der Waals surface area (Å²) < 4.78 is 3.42. The van der Waals surface area contributed by atoms with Gasteiger partial charge in [0.1, 0.15) is 0 Å². The predicted octanol–water partition coefficient (Wildman–Crippen LogP) is 5.79. The number of carbonyl (C=O) groups is 1. The molecule has 2 saturated carbocycles.